The molecule has 4 aliphatic rings. The van der Waals surface area contributed by atoms with Gasteiger partial charge in [0.15, 0.2) is 0 Å². The highest BCUT2D eigenvalue weighted by Crippen LogP contribution is 2.42. The molecule has 192 valence electrons. The third-order valence-corrected chi connectivity index (χ3v) is 9.09. The fourth-order valence-electron chi connectivity index (χ4n) is 6.16. The first-order chi connectivity index (χ1) is 16.3. The molecule has 1 aliphatic heterocycles. The van der Waals surface area contributed by atoms with Crippen LogP contribution in [0.1, 0.15) is 64.2 Å². The largest absolute Gasteiger partial charge is 0.341 e. The van der Waals surface area contributed by atoms with Gasteiger partial charge in [-0.3, -0.25) is 19.3 Å². The number of aldehydes is 1. The molecule has 2 bridgehead atoms. The van der Waals surface area contributed by atoms with Crippen molar-refractivity contribution in [2.45, 2.75) is 81.0 Å². The van der Waals surface area contributed by atoms with E-state index in [4.69, 9.17) is 0 Å². The molecule has 34 heavy (non-hydrogen) atoms. The summed E-state index contributed by atoms with van der Waals surface area (Å²) in [6.07, 6.45) is 10.3. The Morgan fingerprint density at radius 3 is 2.62 bits per heavy atom. The van der Waals surface area contributed by atoms with Crippen LogP contribution in [0, 0.1) is 11.8 Å². The standard InChI is InChI=1S/C25H42N4O4S/c1-26-23-18-9-5-4-6-10-19(12-11-18)25(23,17-30)27-21(31)16-34-20-15-22(32)29(24(20)33)14-8-7-13-28(2)3/h17-20,23,26H,4-16H2,1-3H3,(H,27,31). The maximum Gasteiger partial charge on any atom is 0.242 e. The number of fused-ring (bicyclic) bond motifs is 6. The van der Waals surface area contributed by atoms with Gasteiger partial charge in [-0.25, -0.2) is 0 Å². The van der Waals surface area contributed by atoms with Gasteiger partial charge in [0.2, 0.25) is 17.7 Å². The van der Waals surface area contributed by atoms with Gasteiger partial charge in [-0.2, -0.15) is 0 Å². The van der Waals surface area contributed by atoms with Crippen LogP contribution in [0.5, 0.6) is 0 Å². The number of unbranched alkanes of at least 4 members (excludes halogenated alkanes) is 1. The van der Waals surface area contributed by atoms with Crippen molar-refractivity contribution in [1.29, 1.82) is 0 Å². The van der Waals surface area contributed by atoms with E-state index in [9.17, 15) is 19.2 Å². The first-order valence-electron chi connectivity index (χ1n) is 12.9. The highest BCUT2D eigenvalue weighted by Gasteiger charge is 2.52. The van der Waals surface area contributed by atoms with E-state index in [0.29, 0.717) is 12.5 Å². The van der Waals surface area contributed by atoms with Crippen LogP contribution in [-0.2, 0) is 19.2 Å². The molecule has 3 amide bonds. The van der Waals surface area contributed by atoms with Gasteiger partial charge in [0.1, 0.15) is 11.8 Å². The maximum absolute atomic E-state index is 13.1. The Kier molecular flexibility index (Phi) is 9.97. The number of hydrogen-bond acceptors (Lipinski definition) is 7. The van der Waals surface area contributed by atoms with Gasteiger partial charge >= 0.3 is 0 Å². The summed E-state index contributed by atoms with van der Waals surface area (Å²) in [6.45, 7) is 1.36. The lowest BCUT2D eigenvalue weighted by atomic mass is 9.64. The van der Waals surface area contributed by atoms with Gasteiger partial charge < -0.3 is 20.3 Å². The second-order valence-corrected chi connectivity index (χ2v) is 11.6. The summed E-state index contributed by atoms with van der Waals surface area (Å²) >= 11 is 1.22. The van der Waals surface area contributed by atoms with E-state index in [0.717, 1.165) is 64.2 Å². The van der Waals surface area contributed by atoms with Crippen LogP contribution < -0.4 is 10.6 Å². The summed E-state index contributed by atoms with van der Waals surface area (Å²) in [4.78, 5) is 54.2. The monoisotopic (exact) mass is 494 g/mol. The Hall–Kier alpha value is -1.45. The average Bonchev–Trinajstić information content (AvgIpc) is 3.17. The Morgan fingerprint density at radius 2 is 1.91 bits per heavy atom. The molecule has 8 nitrogen and oxygen atoms in total. The Bertz CT molecular complexity index is 744. The van der Waals surface area contributed by atoms with E-state index in [1.54, 1.807) is 0 Å². The summed E-state index contributed by atoms with van der Waals surface area (Å²) in [5, 5.41) is 5.97. The fraction of sp³-hybridized carbons (Fsp3) is 0.840. The van der Waals surface area contributed by atoms with Crippen molar-refractivity contribution in [3.63, 3.8) is 0 Å². The van der Waals surface area contributed by atoms with E-state index in [-0.39, 0.29) is 41.9 Å². The molecule has 1 saturated heterocycles. The molecule has 0 aromatic carbocycles. The van der Waals surface area contributed by atoms with Gasteiger partial charge in [0.25, 0.3) is 0 Å². The van der Waals surface area contributed by atoms with Crippen molar-refractivity contribution in [2.75, 3.05) is 40.0 Å². The Morgan fingerprint density at radius 1 is 1.15 bits per heavy atom. The first-order valence-corrected chi connectivity index (χ1v) is 13.9. The maximum atomic E-state index is 13.1. The van der Waals surface area contributed by atoms with Crippen LogP contribution in [0.2, 0.25) is 0 Å². The first kappa shape index (κ1) is 27.1. The molecule has 5 atom stereocenters. The van der Waals surface area contributed by atoms with Gasteiger partial charge in [-0.05, 0) is 78.0 Å². The van der Waals surface area contributed by atoms with Crippen LogP contribution in [-0.4, -0.2) is 90.6 Å². The number of imide groups is 1. The lowest BCUT2D eigenvalue weighted by Crippen LogP contribution is -2.70. The van der Waals surface area contributed by atoms with Gasteiger partial charge in [-0.1, -0.05) is 19.3 Å². The molecule has 4 rings (SSSR count). The molecule has 0 aromatic heterocycles. The van der Waals surface area contributed by atoms with E-state index in [2.05, 4.69) is 15.5 Å². The SMILES string of the molecule is CNC1C2CCCCCC(CC2)C1(C=O)NC(=O)CSC1CC(=O)N(CCCCN(C)C)C1=O. The van der Waals surface area contributed by atoms with E-state index in [1.807, 2.05) is 21.1 Å². The Labute approximate surface area is 208 Å². The van der Waals surface area contributed by atoms with Crippen molar-refractivity contribution >= 4 is 35.8 Å². The summed E-state index contributed by atoms with van der Waals surface area (Å²) in [5.41, 5.74) is -0.909. The zero-order chi connectivity index (χ0) is 24.7. The van der Waals surface area contributed by atoms with Crippen LogP contribution in [0.4, 0.5) is 0 Å². The molecule has 5 unspecified atom stereocenters. The van der Waals surface area contributed by atoms with Crippen LogP contribution in [0.3, 0.4) is 0 Å². The van der Waals surface area contributed by atoms with Crippen LogP contribution in [0.15, 0.2) is 0 Å². The minimum Gasteiger partial charge on any atom is -0.341 e. The highest BCUT2D eigenvalue weighted by atomic mass is 32.2. The number of thioether (sulfide) groups is 1. The second-order valence-electron chi connectivity index (χ2n) is 10.4. The van der Waals surface area contributed by atoms with E-state index >= 15 is 0 Å². The van der Waals surface area contributed by atoms with E-state index < -0.39 is 10.8 Å². The van der Waals surface area contributed by atoms with Gasteiger partial charge in [0, 0.05) is 19.0 Å². The van der Waals surface area contributed by atoms with Crippen LogP contribution >= 0.6 is 11.8 Å². The van der Waals surface area contributed by atoms with Gasteiger partial charge in [0.05, 0.1) is 11.0 Å². The number of likely N-dealkylation sites (N-methyl/N-ethyl adjacent to an activating group) is 1. The number of carbonyl (C=O) groups excluding carboxylic acids is 4. The molecular formula is C25H42N4O4S. The number of hydrogen-bond donors (Lipinski definition) is 2. The second kappa shape index (κ2) is 12.5. The number of carbonyl (C=O) groups is 4. The quantitative estimate of drug-likeness (QED) is 0.257. The minimum atomic E-state index is -0.909. The van der Waals surface area contributed by atoms with Crippen molar-refractivity contribution in [2.24, 2.45) is 11.8 Å². The number of nitrogens with one attached hydrogen (secondary N) is 2. The predicted octanol–water partition coefficient (Wildman–Crippen LogP) is 1.82. The molecule has 0 spiro atoms. The fourth-order valence-corrected chi connectivity index (χ4v) is 7.11. The molecule has 0 radical (unpaired) electrons. The van der Waals surface area contributed by atoms with Crippen molar-refractivity contribution in [3.8, 4) is 0 Å². The molecule has 3 aliphatic carbocycles. The number of amides is 3. The zero-order valence-electron chi connectivity index (χ0n) is 21.0. The summed E-state index contributed by atoms with van der Waals surface area (Å²) in [6, 6.07) is -0.0804. The summed E-state index contributed by atoms with van der Waals surface area (Å²) < 4.78 is 0. The molecule has 4 fully saturated rings. The molecule has 9 heteroatoms. The van der Waals surface area contributed by atoms with Crippen molar-refractivity contribution in [1.82, 2.24) is 20.4 Å². The summed E-state index contributed by atoms with van der Waals surface area (Å²) in [7, 11) is 5.88. The topological polar surface area (TPSA) is 98.8 Å². The lowest BCUT2D eigenvalue weighted by Gasteiger charge is -2.50. The Balaban J connectivity index is 1.58. The molecular weight excluding hydrogens is 452 g/mol. The minimum absolute atomic E-state index is 0.0710. The molecule has 1 heterocycles. The average molecular weight is 495 g/mol. The van der Waals surface area contributed by atoms with Gasteiger partial charge in [-0.15, -0.1) is 11.8 Å². The zero-order valence-corrected chi connectivity index (χ0v) is 21.8. The lowest BCUT2D eigenvalue weighted by molar-refractivity contribution is -0.138. The highest BCUT2D eigenvalue weighted by molar-refractivity contribution is 8.01. The number of nitrogens with zero attached hydrogens (tertiary/aromatic N) is 2. The molecule has 0 aromatic rings. The number of likely N-dealkylation sites (tertiary alicyclic amines) is 1. The number of rotatable bonds is 11. The molecule has 2 N–H and O–H groups in total. The smallest absolute Gasteiger partial charge is 0.242 e. The summed E-state index contributed by atoms with van der Waals surface area (Å²) in [5.74, 6) is -0.00686. The van der Waals surface area contributed by atoms with E-state index in [1.165, 1.54) is 23.1 Å². The third-order valence-electron chi connectivity index (χ3n) is 7.89. The van der Waals surface area contributed by atoms with Crippen LogP contribution in [0.25, 0.3) is 0 Å². The third kappa shape index (κ3) is 6.21. The van der Waals surface area contributed by atoms with Crippen molar-refractivity contribution < 1.29 is 19.2 Å². The predicted molar refractivity (Wildman–Crippen MR) is 134 cm³/mol. The molecule has 3 saturated carbocycles. The van der Waals surface area contributed by atoms with Crippen molar-refractivity contribution in [3.05, 3.63) is 0 Å². The normalized spacial score (nSPS) is 31.9.